The number of hydrogen-bond donors (Lipinski definition) is 0. The molecule has 0 fully saturated rings. The molecule has 90 valence electrons. The van der Waals surface area contributed by atoms with E-state index in [1.54, 1.807) is 6.07 Å². The zero-order valence-corrected chi connectivity index (χ0v) is 9.46. The average Bonchev–Trinajstić information content (AvgIpc) is 2.30. The smallest absolute Gasteiger partial charge is 0.310 e. The van der Waals surface area contributed by atoms with Crippen LogP contribution in [0.25, 0.3) is 0 Å². The molecule has 0 N–H and O–H groups in total. The van der Waals surface area contributed by atoms with Gasteiger partial charge in [0.05, 0.1) is 24.1 Å². The number of nitrogens with zero attached hydrogens (tertiary/aromatic N) is 2. The number of rotatable bonds is 3. The second-order valence-corrected chi connectivity index (χ2v) is 3.39. The summed E-state index contributed by atoms with van der Waals surface area (Å²) in [5.41, 5.74) is -0.845. The maximum Gasteiger partial charge on any atom is 0.310 e. The van der Waals surface area contributed by atoms with E-state index in [2.05, 4.69) is 9.72 Å². The molecule has 0 aromatic carbocycles. The van der Waals surface area contributed by atoms with Gasteiger partial charge in [0.25, 0.3) is 6.43 Å². The summed E-state index contributed by atoms with van der Waals surface area (Å²) in [6.45, 7) is 0. The monoisotopic (exact) mass is 260 g/mol. The number of nitriles is 1. The summed E-state index contributed by atoms with van der Waals surface area (Å²) >= 11 is 5.76. The number of methoxy groups -OCH3 is 1. The van der Waals surface area contributed by atoms with Gasteiger partial charge >= 0.3 is 5.97 Å². The van der Waals surface area contributed by atoms with Gasteiger partial charge in [-0.25, -0.2) is 8.78 Å². The quantitative estimate of drug-likeness (QED) is 0.782. The first-order chi connectivity index (χ1) is 8.01. The van der Waals surface area contributed by atoms with Crippen molar-refractivity contribution in [2.75, 3.05) is 7.11 Å². The van der Waals surface area contributed by atoms with Crippen molar-refractivity contribution in [3.05, 3.63) is 28.0 Å². The highest BCUT2D eigenvalue weighted by Crippen LogP contribution is 2.29. The summed E-state index contributed by atoms with van der Waals surface area (Å²) < 4.78 is 29.6. The molecule has 0 atom stereocenters. The molecule has 0 aliphatic carbocycles. The van der Waals surface area contributed by atoms with Gasteiger partial charge in [0.15, 0.2) is 0 Å². The van der Waals surface area contributed by atoms with Crippen LogP contribution in [0.1, 0.15) is 23.2 Å². The van der Waals surface area contributed by atoms with Crippen LogP contribution >= 0.6 is 11.6 Å². The van der Waals surface area contributed by atoms with E-state index in [9.17, 15) is 13.6 Å². The Kier molecular flexibility index (Phi) is 4.35. The number of carbonyl (C=O) groups excluding carboxylic acids is 1. The van der Waals surface area contributed by atoms with Crippen LogP contribution in [0.3, 0.4) is 0 Å². The first-order valence-electron chi connectivity index (χ1n) is 4.43. The Bertz CT molecular complexity index is 486. The Hall–Kier alpha value is -1.74. The van der Waals surface area contributed by atoms with Crippen LogP contribution in [0.5, 0.6) is 0 Å². The molecule has 0 spiro atoms. The molecular weight excluding hydrogens is 254 g/mol. The molecule has 0 radical (unpaired) electrons. The molecule has 4 nitrogen and oxygen atoms in total. The van der Waals surface area contributed by atoms with Gasteiger partial charge in [-0.3, -0.25) is 9.78 Å². The number of aromatic nitrogens is 1. The van der Waals surface area contributed by atoms with Gasteiger partial charge < -0.3 is 4.74 Å². The Balaban J connectivity index is 3.31. The number of alkyl halides is 2. The Morgan fingerprint density at radius 2 is 2.35 bits per heavy atom. The molecule has 0 aliphatic heterocycles. The van der Waals surface area contributed by atoms with Crippen LogP contribution < -0.4 is 0 Å². The number of halogens is 3. The van der Waals surface area contributed by atoms with E-state index in [0.717, 1.165) is 13.3 Å². The maximum absolute atomic E-state index is 12.6. The standard InChI is InChI=1S/C10H7ClF2N2O2/c1-17-7(16)2-6-8(11)5(3-14)4-15-9(6)10(12)13/h4,10H,2H2,1H3. The van der Waals surface area contributed by atoms with Gasteiger partial charge in [-0.1, -0.05) is 11.6 Å². The third-order valence-electron chi connectivity index (χ3n) is 2.02. The molecule has 1 aromatic heterocycles. The molecule has 0 aliphatic rings. The molecular formula is C10H7ClF2N2O2. The summed E-state index contributed by atoms with van der Waals surface area (Å²) in [7, 11) is 1.12. The van der Waals surface area contributed by atoms with Gasteiger partial charge in [-0.05, 0) is 0 Å². The fraction of sp³-hybridized carbons (Fsp3) is 0.300. The molecule has 1 heterocycles. The largest absolute Gasteiger partial charge is 0.469 e. The van der Waals surface area contributed by atoms with Crippen molar-refractivity contribution >= 4 is 17.6 Å². The lowest BCUT2D eigenvalue weighted by molar-refractivity contribution is -0.139. The molecule has 7 heteroatoms. The van der Waals surface area contributed by atoms with Gasteiger partial charge in [0, 0.05) is 11.8 Å². The van der Waals surface area contributed by atoms with Crippen molar-refractivity contribution in [2.24, 2.45) is 0 Å². The number of esters is 1. The lowest BCUT2D eigenvalue weighted by Crippen LogP contribution is -2.10. The number of hydrogen-bond acceptors (Lipinski definition) is 4. The lowest BCUT2D eigenvalue weighted by Gasteiger charge is -2.09. The van der Waals surface area contributed by atoms with Gasteiger partial charge in [0.1, 0.15) is 11.8 Å². The number of pyridine rings is 1. The predicted octanol–water partition coefficient (Wildman–Crippen LogP) is 2.26. The first kappa shape index (κ1) is 13.3. The van der Waals surface area contributed by atoms with Crippen LogP contribution in [0.2, 0.25) is 5.02 Å². The number of carbonyl (C=O) groups is 1. The molecule has 0 amide bonds. The highest BCUT2D eigenvalue weighted by molar-refractivity contribution is 6.32. The zero-order valence-electron chi connectivity index (χ0n) is 8.71. The third-order valence-corrected chi connectivity index (χ3v) is 2.45. The van der Waals surface area contributed by atoms with E-state index in [1.165, 1.54) is 0 Å². The van der Waals surface area contributed by atoms with E-state index < -0.39 is 24.5 Å². The van der Waals surface area contributed by atoms with E-state index in [0.29, 0.717) is 0 Å². The van der Waals surface area contributed by atoms with Crippen molar-refractivity contribution in [3.8, 4) is 6.07 Å². The summed E-state index contributed by atoms with van der Waals surface area (Å²) in [6, 6.07) is 1.70. The van der Waals surface area contributed by atoms with Crippen LogP contribution in [-0.4, -0.2) is 18.1 Å². The third kappa shape index (κ3) is 2.88. The number of ether oxygens (including phenoxy) is 1. The topological polar surface area (TPSA) is 63.0 Å². The molecule has 0 saturated heterocycles. The van der Waals surface area contributed by atoms with Crippen LogP contribution in [0.4, 0.5) is 8.78 Å². The van der Waals surface area contributed by atoms with Crippen molar-refractivity contribution in [1.82, 2.24) is 4.98 Å². The summed E-state index contributed by atoms with van der Waals surface area (Å²) in [4.78, 5) is 14.5. The minimum Gasteiger partial charge on any atom is -0.469 e. The van der Waals surface area contributed by atoms with Crippen LogP contribution in [0, 0.1) is 11.3 Å². The Morgan fingerprint density at radius 3 is 2.82 bits per heavy atom. The van der Waals surface area contributed by atoms with Crippen molar-refractivity contribution in [2.45, 2.75) is 12.8 Å². The zero-order chi connectivity index (χ0) is 13.0. The second-order valence-electron chi connectivity index (χ2n) is 3.02. The van der Waals surface area contributed by atoms with E-state index in [4.69, 9.17) is 16.9 Å². The average molecular weight is 261 g/mol. The molecule has 0 bridgehead atoms. The van der Waals surface area contributed by atoms with Crippen LogP contribution in [-0.2, 0) is 16.0 Å². The van der Waals surface area contributed by atoms with Crippen LogP contribution in [0.15, 0.2) is 6.20 Å². The summed E-state index contributed by atoms with van der Waals surface area (Å²) in [5.74, 6) is -0.731. The van der Waals surface area contributed by atoms with Crippen molar-refractivity contribution < 1.29 is 18.3 Å². The predicted molar refractivity (Wildman–Crippen MR) is 54.6 cm³/mol. The normalized spacial score (nSPS) is 10.1. The van der Waals surface area contributed by atoms with E-state index in [-0.39, 0.29) is 16.1 Å². The van der Waals surface area contributed by atoms with E-state index in [1.807, 2.05) is 0 Å². The fourth-order valence-electron chi connectivity index (χ4n) is 1.19. The van der Waals surface area contributed by atoms with E-state index >= 15 is 0 Å². The van der Waals surface area contributed by atoms with Crippen molar-refractivity contribution in [1.29, 1.82) is 5.26 Å². The summed E-state index contributed by atoms with van der Waals surface area (Å²) in [5, 5.41) is 8.49. The van der Waals surface area contributed by atoms with Gasteiger partial charge in [-0.15, -0.1) is 0 Å². The minimum absolute atomic E-state index is 0.0602. The molecule has 1 aromatic rings. The minimum atomic E-state index is -2.88. The molecule has 0 unspecified atom stereocenters. The molecule has 0 saturated carbocycles. The first-order valence-corrected chi connectivity index (χ1v) is 4.81. The highest BCUT2D eigenvalue weighted by Gasteiger charge is 2.22. The fourth-order valence-corrected chi connectivity index (χ4v) is 1.45. The Morgan fingerprint density at radius 1 is 1.71 bits per heavy atom. The van der Waals surface area contributed by atoms with Gasteiger partial charge in [0.2, 0.25) is 0 Å². The lowest BCUT2D eigenvalue weighted by atomic mass is 10.1. The molecule has 17 heavy (non-hydrogen) atoms. The Labute approximate surface area is 101 Å². The maximum atomic E-state index is 12.6. The molecule has 1 rings (SSSR count). The van der Waals surface area contributed by atoms with Gasteiger partial charge in [-0.2, -0.15) is 5.26 Å². The SMILES string of the molecule is COC(=O)Cc1c(C(F)F)ncc(C#N)c1Cl. The van der Waals surface area contributed by atoms with Crippen molar-refractivity contribution in [3.63, 3.8) is 0 Å². The summed E-state index contributed by atoms with van der Waals surface area (Å²) in [6.07, 6.45) is -2.37. The highest BCUT2D eigenvalue weighted by atomic mass is 35.5. The second kappa shape index (κ2) is 5.55.